The number of carbonyl (C=O) groups excluding carboxylic acids is 2. The Bertz CT molecular complexity index is 1100. The van der Waals surface area contributed by atoms with Crippen LogP contribution in [0.3, 0.4) is 0 Å². The zero-order valence-corrected chi connectivity index (χ0v) is 20.6. The number of esters is 1. The number of anilines is 1. The van der Waals surface area contributed by atoms with E-state index in [0.717, 1.165) is 24.0 Å². The van der Waals surface area contributed by atoms with Gasteiger partial charge < -0.3 is 19.7 Å². The van der Waals surface area contributed by atoms with Crippen molar-refractivity contribution < 1.29 is 19.1 Å². The molecule has 0 unspecified atom stereocenters. The summed E-state index contributed by atoms with van der Waals surface area (Å²) in [5.41, 5.74) is 3.02. The van der Waals surface area contributed by atoms with Gasteiger partial charge in [-0.2, -0.15) is 0 Å². The van der Waals surface area contributed by atoms with E-state index in [2.05, 4.69) is 27.4 Å². The molecule has 8 nitrogen and oxygen atoms in total. The number of aromatic nitrogens is 2. The highest BCUT2D eigenvalue weighted by molar-refractivity contribution is 5.80. The van der Waals surface area contributed by atoms with Crippen LogP contribution in [0.5, 0.6) is 5.75 Å². The minimum Gasteiger partial charge on any atom is -0.461 e. The van der Waals surface area contributed by atoms with E-state index in [1.165, 1.54) is 16.8 Å². The van der Waals surface area contributed by atoms with Gasteiger partial charge in [-0.05, 0) is 49.9 Å². The van der Waals surface area contributed by atoms with Crippen molar-refractivity contribution in [2.24, 2.45) is 0 Å². The minimum atomic E-state index is -0.655. The molecule has 0 radical (unpaired) electrons. The highest BCUT2D eigenvalue weighted by Crippen LogP contribution is 2.19. The lowest BCUT2D eigenvalue weighted by Gasteiger charge is -2.21. The van der Waals surface area contributed by atoms with Gasteiger partial charge in [-0.25, -0.2) is 19.6 Å². The molecule has 0 aliphatic heterocycles. The van der Waals surface area contributed by atoms with E-state index in [9.17, 15) is 9.59 Å². The summed E-state index contributed by atoms with van der Waals surface area (Å²) in [6.07, 6.45) is 4.47. The first-order valence-electron chi connectivity index (χ1n) is 11.6. The third-order valence-electron chi connectivity index (χ3n) is 5.19. The Morgan fingerprint density at radius 2 is 1.69 bits per heavy atom. The molecule has 0 bridgehead atoms. The fourth-order valence-corrected chi connectivity index (χ4v) is 3.39. The summed E-state index contributed by atoms with van der Waals surface area (Å²) < 4.78 is 10.8. The van der Waals surface area contributed by atoms with Gasteiger partial charge in [0.1, 0.15) is 23.9 Å². The van der Waals surface area contributed by atoms with Crippen LogP contribution >= 0.6 is 0 Å². The zero-order chi connectivity index (χ0) is 25.2. The van der Waals surface area contributed by atoms with E-state index in [-0.39, 0.29) is 12.1 Å². The molecule has 2 aromatic carbocycles. The maximum Gasteiger partial charge on any atom is 0.414 e. The number of nitrogens with one attached hydrogen (secondary N) is 1. The fraction of sp³-hybridized carbons (Fsp3) is 0.333. The maximum atomic E-state index is 12.9. The third kappa shape index (κ3) is 8.10. The van der Waals surface area contributed by atoms with Gasteiger partial charge in [-0.3, -0.25) is 0 Å². The molecule has 1 N–H and O–H groups in total. The van der Waals surface area contributed by atoms with E-state index in [4.69, 9.17) is 9.47 Å². The Morgan fingerprint density at radius 1 is 0.971 bits per heavy atom. The highest BCUT2D eigenvalue weighted by Gasteiger charge is 2.23. The summed E-state index contributed by atoms with van der Waals surface area (Å²) in [6, 6.07) is 16.6. The minimum absolute atomic E-state index is 0.248. The average molecular weight is 477 g/mol. The molecular weight excluding hydrogens is 444 g/mol. The number of rotatable bonds is 10. The number of hydrogen-bond donors (Lipinski definition) is 1. The largest absolute Gasteiger partial charge is 0.461 e. The van der Waals surface area contributed by atoms with Crippen LogP contribution in [0.15, 0.2) is 67.1 Å². The first-order valence-corrected chi connectivity index (χ1v) is 11.6. The standard InChI is InChI=1S/C27H32N4O4/c1-19(2)34-26(32)24(16-21-11-14-23(15-12-21)35-27(33)31(3)4)30-25-22(17-28-18-29-25)13-10-20-8-6-5-7-9-20/h5-9,11-12,14-15,17-19,24H,10,13,16H2,1-4H3,(H,28,29,30)/t24-/m0/s1. The third-order valence-corrected chi connectivity index (χ3v) is 5.19. The lowest BCUT2D eigenvalue weighted by Crippen LogP contribution is -2.35. The summed E-state index contributed by atoms with van der Waals surface area (Å²) in [5, 5.41) is 3.28. The van der Waals surface area contributed by atoms with Gasteiger partial charge in [0.05, 0.1) is 6.10 Å². The van der Waals surface area contributed by atoms with Crippen LogP contribution in [0.1, 0.15) is 30.5 Å². The lowest BCUT2D eigenvalue weighted by atomic mass is 10.0. The van der Waals surface area contributed by atoms with Crippen LogP contribution in [0.25, 0.3) is 0 Å². The van der Waals surface area contributed by atoms with Crippen molar-refractivity contribution in [2.75, 3.05) is 19.4 Å². The van der Waals surface area contributed by atoms with Crippen molar-refractivity contribution in [3.05, 3.63) is 83.8 Å². The SMILES string of the molecule is CC(C)OC(=O)[C@H](Cc1ccc(OC(=O)N(C)C)cc1)Nc1ncncc1CCc1ccccc1. The molecule has 0 saturated carbocycles. The van der Waals surface area contributed by atoms with Gasteiger partial charge in [0.25, 0.3) is 0 Å². The predicted octanol–water partition coefficient (Wildman–Crippen LogP) is 4.30. The van der Waals surface area contributed by atoms with Crippen molar-refractivity contribution in [2.45, 2.75) is 45.3 Å². The van der Waals surface area contributed by atoms with Crippen LogP contribution in [-0.4, -0.2) is 53.2 Å². The Labute approximate surface area is 206 Å². The topological polar surface area (TPSA) is 93.7 Å². The van der Waals surface area contributed by atoms with Crippen molar-refractivity contribution in [1.29, 1.82) is 0 Å². The van der Waals surface area contributed by atoms with Crippen LogP contribution in [0.4, 0.5) is 10.6 Å². The molecule has 0 fully saturated rings. The molecular formula is C27H32N4O4. The molecule has 1 heterocycles. The van der Waals surface area contributed by atoms with Crippen LogP contribution in [-0.2, 0) is 28.8 Å². The quantitative estimate of drug-likeness (QED) is 0.436. The molecule has 3 rings (SSSR count). The predicted molar refractivity (Wildman–Crippen MR) is 134 cm³/mol. The Morgan fingerprint density at radius 3 is 2.34 bits per heavy atom. The molecule has 1 amide bonds. The van der Waals surface area contributed by atoms with Gasteiger partial charge >= 0.3 is 12.1 Å². The summed E-state index contributed by atoms with van der Waals surface area (Å²) in [6.45, 7) is 3.64. The van der Waals surface area contributed by atoms with Crippen molar-refractivity contribution >= 4 is 17.9 Å². The summed E-state index contributed by atoms with van der Waals surface area (Å²) in [5.74, 6) is 0.676. The summed E-state index contributed by atoms with van der Waals surface area (Å²) in [7, 11) is 3.24. The second-order valence-electron chi connectivity index (χ2n) is 8.68. The highest BCUT2D eigenvalue weighted by atomic mass is 16.6. The van der Waals surface area contributed by atoms with E-state index in [0.29, 0.717) is 18.0 Å². The molecule has 0 saturated heterocycles. The normalized spacial score (nSPS) is 11.6. The Kier molecular flexibility index (Phi) is 9.17. The number of nitrogens with zero attached hydrogens (tertiary/aromatic N) is 3. The van der Waals surface area contributed by atoms with Crippen LogP contribution in [0.2, 0.25) is 0 Å². The van der Waals surface area contributed by atoms with Gasteiger partial charge in [0, 0.05) is 32.3 Å². The van der Waals surface area contributed by atoms with E-state index in [1.807, 2.05) is 44.2 Å². The molecule has 0 spiro atoms. The van der Waals surface area contributed by atoms with Gasteiger partial charge in [0.2, 0.25) is 0 Å². The smallest absolute Gasteiger partial charge is 0.414 e. The monoisotopic (exact) mass is 476 g/mol. The molecule has 1 atom stereocenters. The summed E-state index contributed by atoms with van der Waals surface area (Å²) in [4.78, 5) is 34.6. The zero-order valence-electron chi connectivity index (χ0n) is 20.6. The maximum absolute atomic E-state index is 12.9. The summed E-state index contributed by atoms with van der Waals surface area (Å²) >= 11 is 0. The molecule has 35 heavy (non-hydrogen) atoms. The van der Waals surface area contributed by atoms with Gasteiger partial charge in [-0.15, -0.1) is 0 Å². The van der Waals surface area contributed by atoms with Crippen molar-refractivity contribution in [3.8, 4) is 5.75 Å². The van der Waals surface area contributed by atoms with Crippen molar-refractivity contribution in [3.63, 3.8) is 0 Å². The number of benzene rings is 2. The molecule has 184 valence electrons. The van der Waals surface area contributed by atoms with Crippen LogP contribution in [0, 0.1) is 0 Å². The first kappa shape index (κ1) is 25.7. The number of aryl methyl sites for hydroxylation is 2. The van der Waals surface area contributed by atoms with Crippen molar-refractivity contribution in [1.82, 2.24) is 14.9 Å². The van der Waals surface area contributed by atoms with Gasteiger partial charge in [-0.1, -0.05) is 42.5 Å². The van der Waals surface area contributed by atoms with Gasteiger partial charge in [0.15, 0.2) is 0 Å². The second kappa shape index (κ2) is 12.5. The van der Waals surface area contributed by atoms with Crippen LogP contribution < -0.4 is 10.1 Å². The molecule has 0 aliphatic rings. The fourth-order valence-electron chi connectivity index (χ4n) is 3.39. The van der Waals surface area contributed by atoms with E-state index in [1.54, 1.807) is 32.4 Å². The molecule has 8 heteroatoms. The van der Waals surface area contributed by atoms with E-state index < -0.39 is 12.1 Å². The average Bonchev–Trinajstić information content (AvgIpc) is 2.84. The number of amides is 1. The number of carbonyl (C=O) groups is 2. The Balaban J connectivity index is 1.74. The number of hydrogen-bond acceptors (Lipinski definition) is 7. The molecule has 1 aromatic heterocycles. The molecule has 0 aliphatic carbocycles. The molecule has 3 aromatic rings. The first-order chi connectivity index (χ1) is 16.8. The second-order valence-corrected chi connectivity index (χ2v) is 8.68. The Hall–Kier alpha value is -3.94. The van der Waals surface area contributed by atoms with E-state index >= 15 is 0 Å². The lowest BCUT2D eigenvalue weighted by molar-refractivity contribution is -0.148. The number of ether oxygens (including phenoxy) is 2.